The average molecular weight is 268 g/mol. The van der Waals surface area contributed by atoms with Gasteiger partial charge in [-0.05, 0) is 5.92 Å². The zero-order valence-electron chi connectivity index (χ0n) is 9.75. The molecule has 6 nitrogen and oxygen atoms in total. The van der Waals surface area contributed by atoms with Crippen molar-refractivity contribution in [3.8, 4) is 0 Å². The van der Waals surface area contributed by atoms with Gasteiger partial charge in [0, 0.05) is 18.2 Å². The van der Waals surface area contributed by atoms with Crippen molar-refractivity contribution in [1.82, 2.24) is 9.88 Å². The van der Waals surface area contributed by atoms with Crippen molar-refractivity contribution < 1.29 is 19.5 Å². The van der Waals surface area contributed by atoms with Crippen LogP contribution in [0.1, 0.15) is 35.3 Å². The number of likely N-dealkylation sites (tertiary alicyclic amines) is 1. The van der Waals surface area contributed by atoms with Gasteiger partial charge in [0.15, 0.2) is 5.69 Å². The molecule has 1 aliphatic heterocycles. The summed E-state index contributed by atoms with van der Waals surface area (Å²) in [5.41, 5.74) is -0.0553. The highest BCUT2D eigenvalue weighted by Crippen LogP contribution is 2.21. The van der Waals surface area contributed by atoms with Gasteiger partial charge in [0.25, 0.3) is 0 Å². The third-order valence-corrected chi connectivity index (χ3v) is 3.55. The Labute approximate surface area is 107 Å². The van der Waals surface area contributed by atoms with E-state index in [1.165, 1.54) is 5.38 Å². The second kappa shape index (κ2) is 4.85. The van der Waals surface area contributed by atoms with Gasteiger partial charge in [0.05, 0.1) is 6.54 Å². The zero-order valence-corrected chi connectivity index (χ0v) is 10.6. The van der Waals surface area contributed by atoms with E-state index in [1.807, 2.05) is 6.92 Å². The van der Waals surface area contributed by atoms with Crippen molar-refractivity contribution >= 4 is 29.1 Å². The number of carbonyl (C=O) groups is 3. The Morgan fingerprint density at radius 3 is 2.61 bits per heavy atom. The Morgan fingerprint density at radius 1 is 1.50 bits per heavy atom. The molecule has 1 saturated heterocycles. The smallest absolute Gasteiger partial charge is 0.355 e. The Balaban J connectivity index is 2.10. The van der Waals surface area contributed by atoms with Crippen LogP contribution in [0.15, 0.2) is 5.38 Å². The lowest BCUT2D eigenvalue weighted by atomic mass is 9.98. The van der Waals surface area contributed by atoms with Crippen LogP contribution >= 0.6 is 11.3 Å². The van der Waals surface area contributed by atoms with Crippen LogP contribution in [-0.2, 0) is 16.1 Å². The predicted molar refractivity (Wildman–Crippen MR) is 63.0 cm³/mol. The average Bonchev–Trinajstić information content (AvgIpc) is 2.71. The Bertz CT molecular complexity index is 493. The molecule has 2 amide bonds. The molecule has 0 saturated carbocycles. The van der Waals surface area contributed by atoms with Gasteiger partial charge >= 0.3 is 5.97 Å². The van der Waals surface area contributed by atoms with Gasteiger partial charge in [0.2, 0.25) is 11.8 Å². The molecule has 1 fully saturated rings. The number of rotatable bonds is 3. The fraction of sp³-hybridized carbons (Fsp3) is 0.455. The highest BCUT2D eigenvalue weighted by Gasteiger charge is 2.30. The molecule has 1 aliphatic rings. The molecule has 2 rings (SSSR count). The Morgan fingerprint density at radius 2 is 2.11 bits per heavy atom. The Hall–Kier alpha value is -1.76. The standard InChI is InChI=1S/C11H12N2O4S/c1-6-2-9(14)13(10(15)3-6)4-8-12-7(5-18-8)11(16)17/h5-6H,2-4H2,1H3,(H,16,17). The first-order chi connectivity index (χ1) is 8.47. The van der Waals surface area contributed by atoms with E-state index in [1.54, 1.807) is 0 Å². The van der Waals surface area contributed by atoms with Crippen LogP contribution < -0.4 is 0 Å². The van der Waals surface area contributed by atoms with Crippen LogP contribution in [0.2, 0.25) is 0 Å². The molecule has 0 atom stereocenters. The van der Waals surface area contributed by atoms with E-state index >= 15 is 0 Å². The summed E-state index contributed by atoms with van der Waals surface area (Å²) >= 11 is 1.14. The second-order valence-corrected chi connectivity index (χ2v) is 5.26. The van der Waals surface area contributed by atoms with Crippen LogP contribution in [0.3, 0.4) is 0 Å². The number of imide groups is 1. The number of aromatic nitrogens is 1. The van der Waals surface area contributed by atoms with Gasteiger partial charge in [-0.15, -0.1) is 11.3 Å². The van der Waals surface area contributed by atoms with Crippen molar-refractivity contribution in [1.29, 1.82) is 0 Å². The van der Waals surface area contributed by atoms with Gasteiger partial charge in [-0.2, -0.15) is 0 Å². The van der Waals surface area contributed by atoms with Crippen molar-refractivity contribution in [3.63, 3.8) is 0 Å². The third kappa shape index (κ3) is 2.56. The molecule has 1 N–H and O–H groups in total. The van der Waals surface area contributed by atoms with Crippen LogP contribution in [-0.4, -0.2) is 32.8 Å². The first-order valence-corrected chi connectivity index (χ1v) is 6.36. The normalized spacial score (nSPS) is 17.3. The van der Waals surface area contributed by atoms with E-state index in [2.05, 4.69) is 4.98 Å². The fourth-order valence-corrected chi connectivity index (χ4v) is 2.58. The lowest BCUT2D eigenvalue weighted by Crippen LogP contribution is -2.42. The minimum absolute atomic E-state index is 0.0553. The number of aromatic carboxylic acids is 1. The number of carbonyl (C=O) groups excluding carboxylic acids is 2. The highest BCUT2D eigenvalue weighted by molar-refractivity contribution is 7.09. The fourth-order valence-electron chi connectivity index (χ4n) is 1.82. The number of hydrogen-bond donors (Lipinski definition) is 1. The molecule has 2 heterocycles. The molecule has 0 aromatic carbocycles. The van der Waals surface area contributed by atoms with Gasteiger partial charge in [0.1, 0.15) is 5.01 Å². The molecule has 1 aromatic heterocycles. The maximum absolute atomic E-state index is 11.7. The van der Waals surface area contributed by atoms with E-state index < -0.39 is 5.97 Å². The number of carboxylic acids is 1. The summed E-state index contributed by atoms with van der Waals surface area (Å²) in [7, 11) is 0. The summed E-state index contributed by atoms with van der Waals surface area (Å²) in [6.07, 6.45) is 0.700. The largest absolute Gasteiger partial charge is 0.476 e. The SMILES string of the molecule is CC1CC(=O)N(Cc2nc(C(=O)O)cs2)C(=O)C1. The van der Waals surface area contributed by atoms with Crippen LogP contribution in [0.4, 0.5) is 0 Å². The van der Waals surface area contributed by atoms with Gasteiger partial charge in [-0.3, -0.25) is 14.5 Å². The van der Waals surface area contributed by atoms with Crippen LogP contribution in [0.5, 0.6) is 0 Å². The molecular weight excluding hydrogens is 256 g/mol. The number of piperidine rings is 1. The lowest BCUT2D eigenvalue weighted by Gasteiger charge is -2.27. The quantitative estimate of drug-likeness (QED) is 0.830. The molecule has 0 bridgehead atoms. The molecule has 1 aromatic rings. The predicted octanol–water partition coefficient (Wildman–Crippen LogP) is 1.13. The van der Waals surface area contributed by atoms with E-state index in [0.717, 1.165) is 16.2 Å². The summed E-state index contributed by atoms with van der Waals surface area (Å²) in [6.45, 7) is 1.93. The van der Waals surface area contributed by atoms with Crippen molar-refractivity contribution in [2.75, 3.05) is 0 Å². The number of hydrogen-bond acceptors (Lipinski definition) is 5. The number of thiazole rings is 1. The molecular formula is C11H12N2O4S. The summed E-state index contributed by atoms with van der Waals surface area (Å²) < 4.78 is 0. The van der Waals surface area contributed by atoms with Crippen molar-refractivity contribution in [2.45, 2.75) is 26.3 Å². The number of amides is 2. The summed E-state index contributed by atoms with van der Waals surface area (Å²) in [5, 5.41) is 10.6. The second-order valence-electron chi connectivity index (χ2n) is 4.32. The molecule has 0 radical (unpaired) electrons. The van der Waals surface area contributed by atoms with Crippen LogP contribution in [0.25, 0.3) is 0 Å². The molecule has 0 spiro atoms. The summed E-state index contributed by atoms with van der Waals surface area (Å²) in [5.74, 6) is -1.47. The lowest BCUT2D eigenvalue weighted by molar-refractivity contribution is -0.150. The van der Waals surface area contributed by atoms with E-state index in [4.69, 9.17) is 5.11 Å². The third-order valence-electron chi connectivity index (χ3n) is 2.71. The number of carboxylic acid groups (broad SMARTS) is 1. The molecule has 96 valence electrons. The summed E-state index contributed by atoms with van der Waals surface area (Å²) in [6, 6.07) is 0. The van der Waals surface area contributed by atoms with Crippen LogP contribution in [0, 0.1) is 5.92 Å². The zero-order chi connectivity index (χ0) is 13.3. The summed E-state index contributed by atoms with van der Waals surface area (Å²) in [4.78, 5) is 39.1. The number of nitrogens with zero attached hydrogens (tertiary/aromatic N) is 2. The maximum Gasteiger partial charge on any atom is 0.355 e. The first-order valence-electron chi connectivity index (χ1n) is 5.48. The molecule has 18 heavy (non-hydrogen) atoms. The van der Waals surface area contributed by atoms with E-state index in [9.17, 15) is 14.4 Å². The molecule has 0 aliphatic carbocycles. The Kier molecular flexibility index (Phi) is 3.42. The van der Waals surface area contributed by atoms with Crippen molar-refractivity contribution in [3.05, 3.63) is 16.1 Å². The molecule has 0 unspecified atom stereocenters. The van der Waals surface area contributed by atoms with E-state index in [-0.39, 0.29) is 30.0 Å². The van der Waals surface area contributed by atoms with Gasteiger partial charge < -0.3 is 5.11 Å². The monoisotopic (exact) mass is 268 g/mol. The minimum Gasteiger partial charge on any atom is -0.476 e. The molecule has 7 heteroatoms. The highest BCUT2D eigenvalue weighted by atomic mass is 32.1. The minimum atomic E-state index is -1.11. The maximum atomic E-state index is 11.7. The first kappa shape index (κ1) is 12.7. The van der Waals surface area contributed by atoms with Gasteiger partial charge in [-0.25, -0.2) is 9.78 Å². The van der Waals surface area contributed by atoms with Crippen molar-refractivity contribution in [2.24, 2.45) is 5.92 Å². The van der Waals surface area contributed by atoms with E-state index in [0.29, 0.717) is 17.8 Å². The topological polar surface area (TPSA) is 87.6 Å². The van der Waals surface area contributed by atoms with Gasteiger partial charge in [-0.1, -0.05) is 6.92 Å².